The second-order valence-electron chi connectivity index (χ2n) is 6.46. The zero-order valence-corrected chi connectivity index (χ0v) is 17.5. The molecule has 4 rings (SSSR count). The summed E-state index contributed by atoms with van der Waals surface area (Å²) in [6, 6.07) is 13.4. The molecule has 0 aliphatic carbocycles. The highest BCUT2D eigenvalue weighted by atomic mass is 35.5. The number of hydrogen-bond donors (Lipinski definition) is 0. The van der Waals surface area contributed by atoms with Crippen LogP contribution in [0.25, 0.3) is 11.5 Å². The minimum Gasteiger partial charge on any atom is -0.484 e. The number of nitrogens with zero attached hydrogens (tertiary/aromatic N) is 3. The summed E-state index contributed by atoms with van der Waals surface area (Å²) in [5, 5.41) is 9.18. The number of halogens is 1. The van der Waals surface area contributed by atoms with Gasteiger partial charge in [0.1, 0.15) is 12.0 Å². The Kier molecular flexibility index (Phi) is 5.87. The molecule has 2 aromatic heterocycles. The van der Waals surface area contributed by atoms with Gasteiger partial charge in [-0.1, -0.05) is 41.6 Å². The lowest BCUT2D eigenvalue weighted by Crippen LogP contribution is -1.97. The van der Waals surface area contributed by atoms with Crippen LogP contribution in [0.2, 0.25) is 5.02 Å². The molecule has 8 heteroatoms. The van der Waals surface area contributed by atoms with Crippen LogP contribution < -0.4 is 4.74 Å². The van der Waals surface area contributed by atoms with Crippen LogP contribution in [0.4, 0.5) is 0 Å². The van der Waals surface area contributed by atoms with Crippen LogP contribution in [0.15, 0.2) is 62.8 Å². The summed E-state index contributed by atoms with van der Waals surface area (Å²) in [5.41, 5.74) is 3.80. The van der Waals surface area contributed by atoms with Gasteiger partial charge in [0.05, 0.1) is 5.69 Å². The van der Waals surface area contributed by atoms with Gasteiger partial charge in [-0.05, 0) is 49.2 Å². The lowest BCUT2D eigenvalue weighted by Gasteiger charge is -2.07. The SMILES string of the molecule is Cc1ccc(C)c(OCc2nnc(SCc3coc(-c4cccc(Cl)c4)n3)o2)c1. The van der Waals surface area contributed by atoms with Gasteiger partial charge in [0.2, 0.25) is 5.89 Å². The minimum atomic E-state index is 0.223. The molecule has 0 radical (unpaired) electrons. The Bertz CT molecular complexity index is 1130. The number of rotatable bonds is 7. The van der Waals surface area contributed by atoms with Crippen molar-refractivity contribution in [3.8, 4) is 17.2 Å². The molecule has 0 saturated heterocycles. The smallest absolute Gasteiger partial charge is 0.277 e. The first-order chi connectivity index (χ1) is 14.1. The van der Waals surface area contributed by atoms with Gasteiger partial charge in [-0.2, -0.15) is 0 Å². The van der Waals surface area contributed by atoms with Gasteiger partial charge < -0.3 is 13.6 Å². The van der Waals surface area contributed by atoms with Crippen LogP contribution in [0.3, 0.4) is 0 Å². The van der Waals surface area contributed by atoms with Gasteiger partial charge in [0, 0.05) is 16.3 Å². The molecule has 0 aliphatic heterocycles. The lowest BCUT2D eigenvalue weighted by molar-refractivity contribution is 0.250. The van der Waals surface area contributed by atoms with Crippen molar-refractivity contribution in [1.29, 1.82) is 0 Å². The Morgan fingerprint density at radius 2 is 2.00 bits per heavy atom. The first-order valence-electron chi connectivity index (χ1n) is 8.92. The van der Waals surface area contributed by atoms with Crippen LogP contribution in [0.5, 0.6) is 5.75 Å². The van der Waals surface area contributed by atoms with E-state index < -0.39 is 0 Å². The fraction of sp³-hybridized carbons (Fsp3) is 0.190. The van der Waals surface area contributed by atoms with Gasteiger partial charge >= 0.3 is 0 Å². The van der Waals surface area contributed by atoms with E-state index in [0.717, 1.165) is 28.1 Å². The average molecular weight is 428 g/mol. The topological polar surface area (TPSA) is 74.2 Å². The summed E-state index contributed by atoms with van der Waals surface area (Å²) in [6.07, 6.45) is 1.62. The number of aryl methyl sites for hydroxylation is 2. The van der Waals surface area contributed by atoms with Crippen molar-refractivity contribution < 1.29 is 13.6 Å². The Morgan fingerprint density at radius 1 is 1.10 bits per heavy atom. The third-order valence-corrected chi connectivity index (χ3v) is 5.20. The largest absolute Gasteiger partial charge is 0.484 e. The van der Waals surface area contributed by atoms with E-state index in [1.54, 1.807) is 6.26 Å². The van der Waals surface area contributed by atoms with Crippen LogP contribution in [0, 0.1) is 13.8 Å². The van der Waals surface area contributed by atoms with E-state index in [1.165, 1.54) is 11.8 Å². The Hall–Kier alpha value is -2.77. The van der Waals surface area contributed by atoms with Crippen molar-refractivity contribution >= 4 is 23.4 Å². The molecule has 148 valence electrons. The summed E-state index contributed by atoms with van der Waals surface area (Å²) < 4.78 is 17.0. The zero-order valence-electron chi connectivity index (χ0n) is 15.9. The number of aromatic nitrogens is 3. The summed E-state index contributed by atoms with van der Waals surface area (Å²) in [7, 11) is 0. The Labute approximate surface area is 177 Å². The molecule has 2 heterocycles. The van der Waals surface area contributed by atoms with Crippen molar-refractivity contribution in [1.82, 2.24) is 15.2 Å². The van der Waals surface area contributed by atoms with Crippen LogP contribution in [-0.4, -0.2) is 15.2 Å². The summed E-state index contributed by atoms with van der Waals surface area (Å²) in [6.45, 7) is 4.25. The van der Waals surface area contributed by atoms with E-state index in [-0.39, 0.29) is 6.61 Å². The molecular weight excluding hydrogens is 410 g/mol. The van der Waals surface area contributed by atoms with Gasteiger partial charge in [0.15, 0.2) is 6.61 Å². The molecule has 0 fully saturated rings. The molecule has 4 aromatic rings. The fourth-order valence-electron chi connectivity index (χ4n) is 2.62. The molecule has 0 aliphatic rings. The van der Waals surface area contributed by atoms with Crippen molar-refractivity contribution in [2.24, 2.45) is 0 Å². The Balaban J connectivity index is 1.33. The van der Waals surface area contributed by atoms with E-state index in [2.05, 4.69) is 15.2 Å². The molecule has 0 saturated carbocycles. The quantitative estimate of drug-likeness (QED) is 0.341. The zero-order chi connectivity index (χ0) is 20.2. The van der Waals surface area contributed by atoms with Crippen molar-refractivity contribution in [2.45, 2.75) is 31.4 Å². The first kappa shape index (κ1) is 19.5. The third-order valence-electron chi connectivity index (χ3n) is 4.11. The minimum absolute atomic E-state index is 0.223. The monoisotopic (exact) mass is 427 g/mol. The van der Waals surface area contributed by atoms with E-state index >= 15 is 0 Å². The van der Waals surface area contributed by atoms with Crippen molar-refractivity contribution in [3.05, 3.63) is 76.5 Å². The normalized spacial score (nSPS) is 11.0. The molecule has 0 spiro atoms. The molecule has 6 nitrogen and oxygen atoms in total. The predicted molar refractivity (Wildman–Crippen MR) is 111 cm³/mol. The maximum Gasteiger partial charge on any atom is 0.277 e. The molecule has 2 aromatic carbocycles. The number of oxazole rings is 1. The first-order valence-corrected chi connectivity index (χ1v) is 10.3. The van der Waals surface area contributed by atoms with Gasteiger partial charge in [-0.3, -0.25) is 0 Å². The number of ether oxygens (including phenoxy) is 1. The molecule has 0 amide bonds. The molecule has 0 unspecified atom stereocenters. The van der Waals surface area contributed by atoms with E-state index in [4.69, 9.17) is 25.2 Å². The number of hydrogen-bond acceptors (Lipinski definition) is 7. The van der Waals surface area contributed by atoms with Gasteiger partial charge in [-0.25, -0.2) is 4.98 Å². The van der Waals surface area contributed by atoms with Crippen molar-refractivity contribution in [3.63, 3.8) is 0 Å². The fourth-order valence-corrected chi connectivity index (χ4v) is 3.47. The second-order valence-corrected chi connectivity index (χ2v) is 7.83. The van der Waals surface area contributed by atoms with E-state index in [0.29, 0.717) is 27.8 Å². The molecule has 29 heavy (non-hydrogen) atoms. The van der Waals surface area contributed by atoms with Crippen LogP contribution in [0.1, 0.15) is 22.7 Å². The highest BCUT2D eigenvalue weighted by Crippen LogP contribution is 2.26. The van der Waals surface area contributed by atoms with Crippen LogP contribution in [-0.2, 0) is 12.4 Å². The second kappa shape index (κ2) is 8.71. The summed E-state index contributed by atoms with van der Waals surface area (Å²) in [5.74, 6) is 2.31. The molecule has 0 N–H and O–H groups in total. The van der Waals surface area contributed by atoms with E-state index in [9.17, 15) is 0 Å². The maximum atomic E-state index is 6.01. The van der Waals surface area contributed by atoms with Gasteiger partial charge in [-0.15, -0.1) is 10.2 Å². The highest BCUT2D eigenvalue weighted by molar-refractivity contribution is 7.98. The Morgan fingerprint density at radius 3 is 2.86 bits per heavy atom. The molecular formula is C21H18ClN3O3S. The summed E-state index contributed by atoms with van der Waals surface area (Å²) >= 11 is 7.40. The number of thioether (sulfide) groups is 1. The van der Waals surface area contributed by atoms with Crippen LogP contribution >= 0.6 is 23.4 Å². The third kappa shape index (κ3) is 4.99. The standard InChI is InChI=1S/C21H18ClN3O3S/c1-13-6-7-14(2)18(8-13)26-11-19-24-25-21(28-19)29-12-17-10-27-20(23-17)15-4-3-5-16(22)9-15/h3-10H,11-12H2,1-2H3. The number of benzene rings is 2. The average Bonchev–Trinajstić information content (AvgIpc) is 3.36. The predicted octanol–water partition coefficient (Wildman–Crippen LogP) is 5.87. The van der Waals surface area contributed by atoms with Gasteiger partial charge in [0.25, 0.3) is 11.1 Å². The van der Waals surface area contributed by atoms with E-state index in [1.807, 2.05) is 56.3 Å². The molecule has 0 bridgehead atoms. The maximum absolute atomic E-state index is 6.01. The highest BCUT2D eigenvalue weighted by Gasteiger charge is 2.12. The lowest BCUT2D eigenvalue weighted by atomic mass is 10.1. The van der Waals surface area contributed by atoms with Crippen molar-refractivity contribution in [2.75, 3.05) is 0 Å². The molecule has 0 atom stereocenters. The summed E-state index contributed by atoms with van der Waals surface area (Å²) in [4.78, 5) is 4.48.